The molecule has 2 saturated heterocycles. The summed E-state index contributed by atoms with van der Waals surface area (Å²) in [4.78, 5) is 9.47. The molecule has 0 aliphatic carbocycles. The second-order valence-corrected chi connectivity index (χ2v) is 7.38. The first kappa shape index (κ1) is 18.3. The van der Waals surface area contributed by atoms with Gasteiger partial charge in [-0.1, -0.05) is 17.7 Å². The number of halogens is 1. The minimum atomic E-state index is 0.0344. The SMILES string of the molecule is CN=C(NCC(C)Oc1cccc(Cl)c1)N1CCC(N2CCCC2)C1. The van der Waals surface area contributed by atoms with Crippen LogP contribution in [0, 0.1) is 0 Å². The lowest BCUT2D eigenvalue weighted by Gasteiger charge is -2.26. The van der Waals surface area contributed by atoms with E-state index in [1.165, 1.54) is 32.4 Å². The van der Waals surface area contributed by atoms with E-state index in [9.17, 15) is 0 Å². The summed E-state index contributed by atoms with van der Waals surface area (Å²) in [7, 11) is 1.86. The van der Waals surface area contributed by atoms with Gasteiger partial charge in [0.2, 0.25) is 0 Å². The summed E-state index contributed by atoms with van der Waals surface area (Å²) in [5.41, 5.74) is 0. The maximum absolute atomic E-state index is 6.01. The number of ether oxygens (including phenoxy) is 1. The molecule has 0 spiro atoms. The van der Waals surface area contributed by atoms with Gasteiger partial charge in [-0.3, -0.25) is 9.89 Å². The maximum atomic E-state index is 6.01. The molecule has 2 heterocycles. The van der Waals surface area contributed by atoms with Gasteiger partial charge in [0.1, 0.15) is 11.9 Å². The van der Waals surface area contributed by atoms with Crippen LogP contribution in [0.1, 0.15) is 26.2 Å². The van der Waals surface area contributed by atoms with E-state index in [-0.39, 0.29) is 6.10 Å². The summed E-state index contributed by atoms with van der Waals surface area (Å²) in [5.74, 6) is 1.77. The first-order valence-electron chi connectivity index (χ1n) is 9.27. The predicted molar refractivity (Wildman–Crippen MR) is 104 cm³/mol. The van der Waals surface area contributed by atoms with Crippen LogP contribution in [0.25, 0.3) is 0 Å². The van der Waals surface area contributed by atoms with Crippen molar-refractivity contribution in [2.24, 2.45) is 4.99 Å². The lowest BCUT2D eigenvalue weighted by Crippen LogP contribution is -2.45. The lowest BCUT2D eigenvalue weighted by molar-refractivity contribution is 0.221. The first-order chi connectivity index (χ1) is 12.2. The molecule has 25 heavy (non-hydrogen) atoms. The van der Waals surface area contributed by atoms with Crippen LogP contribution in [0.2, 0.25) is 5.02 Å². The molecule has 2 aliphatic heterocycles. The molecule has 6 heteroatoms. The molecular formula is C19H29ClN4O. The highest BCUT2D eigenvalue weighted by Gasteiger charge is 2.30. The van der Waals surface area contributed by atoms with E-state index < -0.39 is 0 Å². The number of likely N-dealkylation sites (tertiary alicyclic amines) is 2. The highest BCUT2D eigenvalue weighted by Crippen LogP contribution is 2.21. The monoisotopic (exact) mass is 364 g/mol. The molecule has 2 unspecified atom stereocenters. The van der Waals surface area contributed by atoms with Gasteiger partial charge in [-0.15, -0.1) is 0 Å². The number of rotatable bonds is 5. The standard InChI is InChI=1S/C19H29ClN4O/c1-15(25-18-7-5-6-16(20)12-18)13-22-19(21-2)24-11-8-17(14-24)23-9-3-4-10-23/h5-7,12,15,17H,3-4,8-11,13-14H2,1-2H3,(H,21,22). The van der Waals surface area contributed by atoms with Gasteiger partial charge in [-0.2, -0.15) is 0 Å². The van der Waals surface area contributed by atoms with E-state index in [0.29, 0.717) is 17.6 Å². The van der Waals surface area contributed by atoms with Gasteiger partial charge in [0.15, 0.2) is 5.96 Å². The summed E-state index contributed by atoms with van der Waals surface area (Å²) >= 11 is 6.01. The fourth-order valence-electron chi connectivity index (χ4n) is 3.72. The number of hydrogen-bond acceptors (Lipinski definition) is 3. The van der Waals surface area contributed by atoms with Crippen LogP contribution < -0.4 is 10.1 Å². The van der Waals surface area contributed by atoms with Crippen molar-refractivity contribution in [3.8, 4) is 5.75 Å². The number of aliphatic imine (C=N–C) groups is 1. The molecule has 1 aromatic rings. The van der Waals surface area contributed by atoms with Crippen molar-refractivity contribution >= 4 is 17.6 Å². The number of nitrogens with zero attached hydrogens (tertiary/aromatic N) is 3. The van der Waals surface area contributed by atoms with Crippen LogP contribution in [0.3, 0.4) is 0 Å². The van der Waals surface area contributed by atoms with E-state index in [1.54, 1.807) is 0 Å². The zero-order valence-electron chi connectivity index (χ0n) is 15.2. The van der Waals surface area contributed by atoms with E-state index in [2.05, 4.69) is 27.0 Å². The summed E-state index contributed by atoms with van der Waals surface area (Å²) in [6.07, 6.45) is 3.96. The highest BCUT2D eigenvalue weighted by molar-refractivity contribution is 6.30. The molecule has 138 valence electrons. The zero-order chi connectivity index (χ0) is 17.6. The summed E-state index contributed by atoms with van der Waals surface area (Å²) in [6, 6.07) is 8.20. The summed E-state index contributed by atoms with van der Waals surface area (Å²) in [6.45, 7) is 7.43. The van der Waals surface area contributed by atoms with Crippen LogP contribution >= 0.6 is 11.6 Å². The number of nitrogens with one attached hydrogen (secondary N) is 1. The topological polar surface area (TPSA) is 40.1 Å². The van der Waals surface area contributed by atoms with Crippen LogP contribution in [0.15, 0.2) is 29.3 Å². The van der Waals surface area contributed by atoms with Crippen molar-refractivity contribution in [1.29, 1.82) is 0 Å². The normalized spacial score (nSPS) is 23.1. The van der Waals surface area contributed by atoms with Crippen molar-refractivity contribution in [1.82, 2.24) is 15.1 Å². The molecule has 0 aromatic heterocycles. The molecule has 0 radical (unpaired) electrons. The largest absolute Gasteiger partial charge is 0.489 e. The average molecular weight is 365 g/mol. The van der Waals surface area contributed by atoms with Crippen LogP contribution in [-0.4, -0.2) is 67.7 Å². The maximum Gasteiger partial charge on any atom is 0.193 e. The van der Waals surface area contributed by atoms with E-state index in [4.69, 9.17) is 16.3 Å². The van der Waals surface area contributed by atoms with E-state index in [1.807, 2.05) is 31.3 Å². The van der Waals surface area contributed by atoms with Crippen molar-refractivity contribution in [2.45, 2.75) is 38.3 Å². The Kier molecular flexibility index (Phi) is 6.43. The number of hydrogen-bond donors (Lipinski definition) is 1. The molecule has 0 bridgehead atoms. The Balaban J connectivity index is 1.46. The Morgan fingerprint density at radius 3 is 2.88 bits per heavy atom. The van der Waals surface area contributed by atoms with Crippen molar-refractivity contribution in [2.75, 3.05) is 39.8 Å². The Bertz CT molecular complexity index is 589. The Labute approximate surface area is 156 Å². The van der Waals surface area contributed by atoms with E-state index >= 15 is 0 Å². The zero-order valence-corrected chi connectivity index (χ0v) is 16.0. The number of benzene rings is 1. The molecule has 2 atom stereocenters. The molecule has 5 nitrogen and oxygen atoms in total. The fraction of sp³-hybridized carbons (Fsp3) is 0.632. The molecule has 1 aromatic carbocycles. The second-order valence-electron chi connectivity index (χ2n) is 6.95. The smallest absolute Gasteiger partial charge is 0.193 e. The Morgan fingerprint density at radius 1 is 1.36 bits per heavy atom. The summed E-state index contributed by atoms with van der Waals surface area (Å²) < 4.78 is 5.93. The van der Waals surface area contributed by atoms with Crippen molar-refractivity contribution in [3.63, 3.8) is 0 Å². The second kappa shape index (κ2) is 8.77. The molecular weight excluding hydrogens is 336 g/mol. The van der Waals surface area contributed by atoms with Gasteiger partial charge in [0, 0.05) is 31.2 Å². The van der Waals surface area contributed by atoms with Crippen LogP contribution in [-0.2, 0) is 0 Å². The Morgan fingerprint density at radius 2 is 2.16 bits per heavy atom. The summed E-state index contributed by atoms with van der Waals surface area (Å²) in [5, 5.41) is 4.15. The molecule has 0 saturated carbocycles. The number of guanidine groups is 1. The third kappa shape index (κ3) is 5.02. The quantitative estimate of drug-likeness (QED) is 0.644. The predicted octanol–water partition coefficient (Wildman–Crippen LogP) is 2.85. The van der Waals surface area contributed by atoms with Crippen molar-refractivity contribution < 1.29 is 4.74 Å². The van der Waals surface area contributed by atoms with Gasteiger partial charge >= 0.3 is 0 Å². The van der Waals surface area contributed by atoms with E-state index in [0.717, 1.165) is 24.8 Å². The minimum absolute atomic E-state index is 0.0344. The fourth-order valence-corrected chi connectivity index (χ4v) is 3.90. The van der Waals surface area contributed by atoms with Gasteiger partial charge in [0.25, 0.3) is 0 Å². The lowest BCUT2D eigenvalue weighted by atomic mass is 10.2. The van der Waals surface area contributed by atoms with Gasteiger partial charge < -0.3 is 15.0 Å². The molecule has 0 amide bonds. The molecule has 3 rings (SSSR count). The molecule has 2 aliphatic rings. The Hall–Kier alpha value is -1.46. The average Bonchev–Trinajstić information content (AvgIpc) is 3.27. The van der Waals surface area contributed by atoms with Crippen molar-refractivity contribution in [3.05, 3.63) is 29.3 Å². The van der Waals surface area contributed by atoms with Gasteiger partial charge in [-0.05, 0) is 57.5 Å². The molecule has 1 N–H and O–H groups in total. The third-order valence-electron chi connectivity index (χ3n) is 5.01. The molecule has 2 fully saturated rings. The first-order valence-corrected chi connectivity index (χ1v) is 9.65. The van der Waals surface area contributed by atoms with Crippen LogP contribution in [0.5, 0.6) is 5.75 Å². The van der Waals surface area contributed by atoms with Gasteiger partial charge in [-0.25, -0.2) is 0 Å². The van der Waals surface area contributed by atoms with Crippen LogP contribution in [0.4, 0.5) is 0 Å². The minimum Gasteiger partial charge on any atom is -0.489 e. The third-order valence-corrected chi connectivity index (χ3v) is 5.25. The highest BCUT2D eigenvalue weighted by atomic mass is 35.5. The van der Waals surface area contributed by atoms with Gasteiger partial charge in [0.05, 0.1) is 6.54 Å².